The monoisotopic (exact) mass is 168 g/mol. The molecule has 0 spiro atoms. The zero-order valence-electron chi connectivity index (χ0n) is 8.18. The lowest BCUT2D eigenvalue weighted by molar-refractivity contribution is -0.157. The van der Waals surface area contributed by atoms with Gasteiger partial charge in [-0.2, -0.15) is 0 Å². The van der Waals surface area contributed by atoms with Gasteiger partial charge in [-0.3, -0.25) is 4.79 Å². The van der Waals surface area contributed by atoms with Crippen LogP contribution in [0.4, 0.5) is 0 Å². The van der Waals surface area contributed by atoms with E-state index in [0.29, 0.717) is 6.42 Å². The molecular formula is C10H16O2. The number of hydrogen-bond donors (Lipinski definition) is 0. The van der Waals surface area contributed by atoms with Crippen molar-refractivity contribution >= 4 is 5.97 Å². The van der Waals surface area contributed by atoms with Crippen LogP contribution in [0.5, 0.6) is 0 Å². The Morgan fingerprint density at radius 2 is 2.08 bits per heavy atom. The third-order valence-corrected chi connectivity index (χ3v) is 1.44. The Hall–Kier alpha value is -0.970. The third-order valence-electron chi connectivity index (χ3n) is 1.44. The van der Waals surface area contributed by atoms with E-state index in [0.717, 1.165) is 0 Å². The fourth-order valence-electron chi connectivity index (χ4n) is 0.701. The zero-order valence-corrected chi connectivity index (χ0v) is 8.18. The first-order chi connectivity index (χ1) is 5.40. The summed E-state index contributed by atoms with van der Waals surface area (Å²) in [6, 6.07) is 0. The lowest BCUT2D eigenvalue weighted by Crippen LogP contribution is -2.28. The van der Waals surface area contributed by atoms with Crippen molar-refractivity contribution in [3.05, 3.63) is 0 Å². The van der Waals surface area contributed by atoms with Crippen molar-refractivity contribution in [1.29, 1.82) is 0 Å². The molecule has 0 radical (unpaired) electrons. The Morgan fingerprint density at radius 3 is 2.42 bits per heavy atom. The molecule has 0 unspecified atom stereocenters. The van der Waals surface area contributed by atoms with Gasteiger partial charge < -0.3 is 4.74 Å². The number of rotatable bonds is 3. The largest absolute Gasteiger partial charge is 0.463 e. The van der Waals surface area contributed by atoms with Gasteiger partial charge in [0.25, 0.3) is 0 Å². The highest BCUT2D eigenvalue weighted by Gasteiger charge is 2.28. The molecule has 0 aromatic rings. The van der Waals surface area contributed by atoms with E-state index in [4.69, 9.17) is 11.2 Å². The van der Waals surface area contributed by atoms with Crippen LogP contribution >= 0.6 is 0 Å². The molecule has 0 aromatic carbocycles. The minimum Gasteiger partial charge on any atom is -0.463 e. The molecule has 0 saturated carbocycles. The van der Waals surface area contributed by atoms with Crippen LogP contribution in [0.2, 0.25) is 0 Å². The molecule has 0 saturated heterocycles. The molecule has 0 atom stereocenters. The van der Waals surface area contributed by atoms with E-state index in [1.54, 1.807) is 13.8 Å². The summed E-state index contributed by atoms with van der Waals surface area (Å²) >= 11 is 0. The standard InChI is InChI=1S/C10H16O2/c1-6-7-10(4,5)9(11)12-8(2)3/h1,8H,7H2,2-5H3. The van der Waals surface area contributed by atoms with E-state index >= 15 is 0 Å². The predicted molar refractivity (Wildman–Crippen MR) is 48.5 cm³/mol. The van der Waals surface area contributed by atoms with Crippen molar-refractivity contribution in [2.75, 3.05) is 0 Å². The molecule has 68 valence electrons. The zero-order chi connectivity index (χ0) is 9.78. The molecule has 0 rings (SSSR count). The number of carbonyl (C=O) groups excluding carboxylic acids is 1. The molecule has 2 heteroatoms. The number of esters is 1. The van der Waals surface area contributed by atoms with Gasteiger partial charge in [0.1, 0.15) is 0 Å². The second-order valence-corrected chi connectivity index (χ2v) is 3.72. The molecule has 12 heavy (non-hydrogen) atoms. The van der Waals surface area contributed by atoms with Crippen molar-refractivity contribution in [3.63, 3.8) is 0 Å². The third kappa shape index (κ3) is 3.43. The Morgan fingerprint density at radius 1 is 1.58 bits per heavy atom. The van der Waals surface area contributed by atoms with Crippen molar-refractivity contribution in [3.8, 4) is 12.3 Å². The summed E-state index contributed by atoms with van der Waals surface area (Å²) < 4.78 is 5.03. The number of ether oxygens (including phenoxy) is 1. The normalized spacial score (nSPS) is 11.0. The molecule has 0 aliphatic rings. The molecule has 0 amide bonds. The highest BCUT2D eigenvalue weighted by Crippen LogP contribution is 2.21. The van der Waals surface area contributed by atoms with Crippen LogP contribution < -0.4 is 0 Å². The van der Waals surface area contributed by atoms with E-state index in [1.165, 1.54) is 0 Å². The molecule has 0 heterocycles. The average Bonchev–Trinajstić information content (AvgIpc) is 1.85. The molecule has 2 nitrogen and oxygen atoms in total. The second kappa shape index (κ2) is 4.15. The van der Waals surface area contributed by atoms with E-state index in [2.05, 4.69) is 5.92 Å². The molecule has 0 aromatic heterocycles. The van der Waals surface area contributed by atoms with Gasteiger partial charge in [0.15, 0.2) is 0 Å². The summed E-state index contributed by atoms with van der Waals surface area (Å²) in [6.07, 6.45) is 5.47. The number of hydrogen-bond acceptors (Lipinski definition) is 2. The van der Waals surface area contributed by atoms with Crippen LogP contribution in [0.15, 0.2) is 0 Å². The van der Waals surface area contributed by atoms with E-state index in [1.807, 2.05) is 13.8 Å². The van der Waals surface area contributed by atoms with Crippen LogP contribution in [-0.2, 0) is 9.53 Å². The van der Waals surface area contributed by atoms with Crippen LogP contribution in [-0.4, -0.2) is 12.1 Å². The van der Waals surface area contributed by atoms with E-state index < -0.39 is 5.41 Å². The number of terminal acetylenes is 1. The lowest BCUT2D eigenvalue weighted by atomic mass is 9.90. The van der Waals surface area contributed by atoms with Crippen molar-refractivity contribution < 1.29 is 9.53 Å². The summed E-state index contributed by atoms with van der Waals surface area (Å²) in [6.45, 7) is 7.23. The second-order valence-electron chi connectivity index (χ2n) is 3.72. The Balaban J connectivity index is 4.18. The Labute approximate surface area is 74.3 Å². The van der Waals surface area contributed by atoms with Gasteiger partial charge in [-0.1, -0.05) is 0 Å². The van der Waals surface area contributed by atoms with Crippen molar-refractivity contribution in [2.45, 2.75) is 40.2 Å². The maximum absolute atomic E-state index is 11.3. The maximum Gasteiger partial charge on any atom is 0.312 e. The van der Waals surface area contributed by atoms with Gasteiger partial charge in [-0.05, 0) is 27.7 Å². The fourth-order valence-corrected chi connectivity index (χ4v) is 0.701. The molecular weight excluding hydrogens is 152 g/mol. The average molecular weight is 168 g/mol. The van der Waals surface area contributed by atoms with Gasteiger partial charge in [0.05, 0.1) is 11.5 Å². The minimum atomic E-state index is -0.557. The van der Waals surface area contributed by atoms with Crippen LogP contribution in [0.1, 0.15) is 34.1 Å². The smallest absolute Gasteiger partial charge is 0.312 e. The van der Waals surface area contributed by atoms with Gasteiger partial charge >= 0.3 is 5.97 Å². The first-order valence-corrected chi connectivity index (χ1v) is 4.04. The number of carbonyl (C=O) groups is 1. The molecule has 0 aliphatic carbocycles. The van der Waals surface area contributed by atoms with Gasteiger partial charge in [0.2, 0.25) is 0 Å². The highest BCUT2D eigenvalue weighted by molar-refractivity contribution is 5.76. The van der Waals surface area contributed by atoms with Crippen molar-refractivity contribution in [2.24, 2.45) is 5.41 Å². The molecule has 0 fully saturated rings. The summed E-state index contributed by atoms with van der Waals surface area (Å²) in [7, 11) is 0. The topological polar surface area (TPSA) is 26.3 Å². The molecule has 0 bridgehead atoms. The highest BCUT2D eigenvalue weighted by atomic mass is 16.5. The van der Waals surface area contributed by atoms with Crippen LogP contribution in [0, 0.1) is 17.8 Å². The fraction of sp³-hybridized carbons (Fsp3) is 0.700. The summed E-state index contributed by atoms with van der Waals surface area (Å²) in [5.74, 6) is 2.23. The summed E-state index contributed by atoms with van der Waals surface area (Å²) in [5, 5.41) is 0. The SMILES string of the molecule is C#CCC(C)(C)C(=O)OC(C)C. The van der Waals surface area contributed by atoms with Crippen molar-refractivity contribution in [1.82, 2.24) is 0 Å². The maximum atomic E-state index is 11.3. The first kappa shape index (κ1) is 11.0. The first-order valence-electron chi connectivity index (χ1n) is 4.04. The molecule has 0 aliphatic heterocycles. The quantitative estimate of drug-likeness (QED) is 0.476. The van der Waals surface area contributed by atoms with Crippen LogP contribution in [0.3, 0.4) is 0 Å². The minimum absolute atomic E-state index is 0.0745. The Kier molecular flexibility index (Phi) is 3.82. The lowest BCUT2D eigenvalue weighted by Gasteiger charge is -2.21. The predicted octanol–water partition coefficient (Wildman–Crippen LogP) is 1.99. The molecule has 0 N–H and O–H groups in total. The van der Waals surface area contributed by atoms with Gasteiger partial charge in [-0.15, -0.1) is 12.3 Å². The van der Waals surface area contributed by atoms with E-state index in [9.17, 15) is 4.79 Å². The summed E-state index contributed by atoms with van der Waals surface area (Å²) in [5.41, 5.74) is -0.557. The van der Waals surface area contributed by atoms with Gasteiger partial charge in [-0.25, -0.2) is 0 Å². The van der Waals surface area contributed by atoms with E-state index in [-0.39, 0.29) is 12.1 Å². The Bertz CT molecular complexity index is 196. The van der Waals surface area contributed by atoms with Gasteiger partial charge in [0, 0.05) is 6.42 Å². The summed E-state index contributed by atoms with van der Waals surface area (Å²) in [4.78, 5) is 11.3. The van der Waals surface area contributed by atoms with Crippen LogP contribution in [0.25, 0.3) is 0 Å².